The average Bonchev–Trinajstić information content (AvgIpc) is 2.26. The zero-order chi connectivity index (χ0) is 12.4. The second-order valence-electron chi connectivity index (χ2n) is 3.77. The minimum absolute atomic E-state index is 0.0521. The third kappa shape index (κ3) is 2.35. The van der Waals surface area contributed by atoms with Gasteiger partial charge in [0.05, 0.1) is 4.92 Å². The summed E-state index contributed by atoms with van der Waals surface area (Å²) >= 11 is 0. The van der Waals surface area contributed by atoms with E-state index in [4.69, 9.17) is 9.47 Å². The van der Waals surface area contributed by atoms with Gasteiger partial charge in [0.1, 0.15) is 12.7 Å². The largest absolute Gasteiger partial charge is 0.483 e. The molecular weight excluding hydrogens is 226 g/mol. The fraction of sp³-hybridized carbons (Fsp3) is 0.364. The van der Waals surface area contributed by atoms with Gasteiger partial charge >= 0.3 is 11.7 Å². The summed E-state index contributed by atoms with van der Waals surface area (Å²) in [6.45, 7) is 1.47. The Bertz CT molecular complexity index is 471. The Balaban J connectivity index is 2.25. The summed E-state index contributed by atoms with van der Waals surface area (Å²) in [4.78, 5) is 21.1. The Morgan fingerprint density at radius 1 is 1.59 bits per heavy atom. The molecule has 0 saturated carbocycles. The van der Waals surface area contributed by atoms with Crippen molar-refractivity contribution in [3.8, 4) is 5.75 Å². The van der Waals surface area contributed by atoms with E-state index >= 15 is 0 Å². The van der Waals surface area contributed by atoms with E-state index < -0.39 is 4.92 Å². The fourth-order valence-corrected chi connectivity index (χ4v) is 1.83. The molecule has 1 aromatic carbocycles. The second kappa shape index (κ2) is 4.40. The molecule has 17 heavy (non-hydrogen) atoms. The van der Waals surface area contributed by atoms with Gasteiger partial charge < -0.3 is 9.47 Å². The van der Waals surface area contributed by atoms with Gasteiger partial charge in [-0.05, 0) is 0 Å². The lowest BCUT2D eigenvalue weighted by atomic mass is 10.0. The molecule has 0 spiro atoms. The molecule has 6 heteroatoms. The van der Waals surface area contributed by atoms with Gasteiger partial charge in [0.2, 0.25) is 5.75 Å². The van der Waals surface area contributed by atoms with Crippen molar-refractivity contribution in [3.05, 3.63) is 33.9 Å². The number of esters is 1. The van der Waals surface area contributed by atoms with E-state index in [9.17, 15) is 14.9 Å². The van der Waals surface area contributed by atoms with Crippen molar-refractivity contribution in [1.82, 2.24) is 0 Å². The van der Waals surface area contributed by atoms with E-state index in [1.54, 1.807) is 12.1 Å². The molecule has 0 bridgehead atoms. The molecule has 1 atom stereocenters. The Morgan fingerprint density at radius 2 is 2.35 bits per heavy atom. The highest BCUT2D eigenvalue weighted by Gasteiger charge is 2.28. The number of para-hydroxylation sites is 1. The molecule has 0 N–H and O–H groups in total. The molecule has 1 heterocycles. The standard InChI is InChI=1S/C11H11NO5/c1-7(13)17-9-5-8-3-2-4-10(12(14)15)11(8)16-6-9/h2-4,9H,5-6H2,1H3. The molecule has 0 fully saturated rings. The highest BCUT2D eigenvalue weighted by Crippen LogP contribution is 2.34. The Labute approximate surface area is 97.3 Å². The van der Waals surface area contributed by atoms with Gasteiger partial charge in [-0.2, -0.15) is 0 Å². The lowest BCUT2D eigenvalue weighted by molar-refractivity contribution is -0.386. The van der Waals surface area contributed by atoms with E-state index in [1.807, 2.05) is 0 Å². The number of carbonyl (C=O) groups is 1. The van der Waals surface area contributed by atoms with E-state index in [0.29, 0.717) is 12.0 Å². The number of benzene rings is 1. The average molecular weight is 237 g/mol. The van der Waals surface area contributed by atoms with Gasteiger partial charge in [0.15, 0.2) is 0 Å². The van der Waals surface area contributed by atoms with Crippen LogP contribution in [0.3, 0.4) is 0 Å². The minimum Gasteiger partial charge on any atom is -0.483 e. The van der Waals surface area contributed by atoms with Gasteiger partial charge in [0.25, 0.3) is 0 Å². The molecule has 0 saturated heterocycles. The topological polar surface area (TPSA) is 78.7 Å². The van der Waals surface area contributed by atoms with Crippen LogP contribution in [0.5, 0.6) is 5.75 Å². The van der Waals surface area contributed by atoms with Crippen molar-refractivity contribution < 1.29 is 19.2 Å². The minimum atomic E-state index is -0.481. The number of nitrogens with zero attached hydrogens (tertiary/aromatic N) is 1. The SMILES string of the molecule is CC(=O)OC1COc2c(cccc2[N+](=O)[O-])C1. The maximum Gasteiger partial charge on any atom is 0.311 e. The Hall–Kier alpha value is -2.11. The lowest BCUT2D eigenvalue weighted by Gasteiger charge is -2.24. The van der Waals surface area contributed by atoms with E-state index in [-0.39, 0.29) is 30.1 Å². The molecule has 1 unspecified atom stereocenters. The van der Waals surface area contributed by atoms with Crippen LogP contribution in [0.4, 0.5) is 5.69 Å². The highest BCUT2D eigenvalue weighted by atomic mass is 16.6. The third-order valence-electron chi connectivity index (χ3n) is 2.47. The van der Waals surface area contributed by atoms with Crippen molar-refractivity contribution in [2.75, 3.05) is 6.61 Å². The molecule has 0 aromatic heterocycles. The number of carbonyl (C=O) groups excluding carboxylic acids is 1. The van der Waals surface area contributed by atoms with Crippen molar-refractivity contribution in [2.45, 2.75) is 19.4 Å². The highest BCUT2D eigenvalue weighted by molar-refractivity contribution is 5.66. The van der Waals surface area contributed by atoms with Crippen LogP contribution in [0.25, 0.3) is 0 Å². The molecule has 6 nitrogen and oxygen atoms in total. The van der Waals surface area contributed by atoms with Crippen LogP contribution >= 0.6 is 0 Å². The molecule has 90 valence electrons. The van der Waals surface area contributed by atoms with Gasteiger partial charge in [-0.25, -0.2) is 0 Å². The summed E-state index contributed by atoms with van der Waals surface area (Å²) in [5.74, 6) is -0.103. The van der Waals surface area contributed by atoms with E-state index in [0.717, 1.165) is 0 Å². The normalized spacial score (nSPS) is 17.8. The van der Waals surface area contributed by atoms with Crippen LogP contribution in [0.15, 0.2) is 18.2 Å². The van der Waals surface area contributed by atoms with Crippen molar-refractivity contribution in [1.29, 1.82) is 0 Å². The van der Waals surface area contributed by atoms with Crippen molar-refractivity contribution >= 4 is 11.7 Å². The summed E-state index contributed by atoms with van der Waals surface area (Å²) in [5, 5.41) is 10.8. The number of hydrogen-bond donors (Lipinski definition) is 0. The Kier molecular flexibility index (Phi) is 2.95. The number of nitro benzene ring substituents is 1. The molecule has 1 aliphatic heterocycles. The lowest BCUT2D eigenvalue weighted by Crippen LogP contribution is -2.30. The summed E-state index contributed by atoms with van der Waals surface area (Å²) < 4.78 is 10.3. The molecular formula is C11H11NO5. The fourth-order valence-electron chi connectivity index (χ4n) is 1.83. The van der Waals surface area contributed by atoms with E-state index in [2.05, 4.69) is 0 Å². The summed E-state index contributed by atoms with van der Waals surface area (Å²) in [6, 6.07) is 4.72. The maximum absolute atomic E-state index is 10.8. The van der Waals surface area contributed by atoms with Gasteiger partial charge in [-0.3, -0.25) is 14.9 Å². The molecule has 1 aromatic rings. The zero-order valence-electron chi connectivity index (χ0n) is 9.21. The summed E-state index contributed by atoms with van der Waals surface area (Å²) in [5.41, 5.74) is 0.639. The van der Waals surface area contributed by atoms with Crippen LogP contribution in [0.2, 0.25) is 0 Å². The predicted molar refractivity (Wildman–Crippen MR) is 57.8 cm³/mol. The van der Waals surface area contributed by atoms with Gasteiger partial charge in [0, 0.05) is 25.0 Å². The number of fused-ring (bicyclic) bond motifs is 1. The second-order valence-corrected chi connectivity index (χ2v) is 3.77. The van der Waals surface area contributed by atoms with Crippen LogP contribution in [0, 0.1) is 10.1 Å². The first-order chi connectivity index (χ1) is 8.08. The molecule has 2 rings (SSSR count). The molecule has 0 aliphatic carbocycles. The predicted octanol–water partition coefficient (Wildman–Crippen LogP) is 1.46. The Morgan fingerprint density at radius 3 is 3.00 bits per heavy atom. The number of rotatable bonds is 2. The first-order valence-corrected chi connectivity index (χ1v) is 5.14. The van der Waals surface area contributed by atoms with Gasteiger partial charge in [-0.1, -0.05) is 12.1 Å². The van der Waals surface area contributed by atoms with Crippen LogP contribution in [-0.2, 0) is 16.0 Å². The maximum atomic E-state index is 10.8. The number of ether oxygens (including phenoxy) is 2. The molecule has 1 aliphatic rings. The van der Waals surface area contributed by atoms with Crippen LogP contribution in [0.1, 0.15) is 12.5 Å². The summed E-state index contributed by atoms with van der Waals surface area (Å²) in [7, 11) is 0. The molecule has 0 amide bonds. The van der Waals surface area contributed by atoms with Crippen molar-refractivity contribution in [2.24, 2.45) is 0 Å². The first-order valence-electron chi connectivity index (χ1n) is 5.14. The smallest absolute Gasteiger partial charge is 0.311 e. The van der Waals surface area contributed by atoms with Crippen LogP contribution in [-0.4, -0.2) is 23.6 Å². The van der Waals surface area contributed by atoms with Crippen LogP contribution < -0.4 is 4.74 Å². The van der Waals surface area contributed by atoms with E-state index in [1.165, 1.54) is 13.0 Å². The number of hydrogen-bond acceptors (Lipinski definition) is 5. The zero-order valence-corrected chi connectivity index (χ0v) is 9.21. The summed E-state index contributed by atoms with van der Waals surface area (Å²) in [6.07, 6.45) is 0.0679. The van der Waals surface area contributed by atoms with Gasteiger partial charge in [-0.15, -0.1) is 0 Å². The molecule has 0 radical (unpaired) electrons. The number of nitro groups is 1. The quantitative estimate of drug-likeness (QED) is 0.442. The van der Waals surface area contributed by atoms with Crippen molar-refractivity contribution in [3.63, 3.8) is 0 Å². The third-order valence-corrected chi connectivity index (χ3v) is 2.47. The first kappa shape index (κ1) is 11.4. The monoisotopic (exact) mass is 237 g/mol.